The van der Waals surface area contributed by atoms with Crippen molar-refractivity contribution in [3.05, 3.63) is 0 Å². The standard InChI is InChI=1S/C11H24N2O3/c1-4-9(3)12-6-10(16)13-11(5-2,7-14)8-15/h9,12,14-15H,4-8H2,1-3H3,(H,13,16). The van der Waals surface area contributed by atoms with Crippen molar-refractivity contribution in [2.45, 2.75) is 45.2 Å². The van der Waals surface area contributed by atoms with Gasteiger partial charge in [-0.25, -0.2) is 0 Å². The number of aliphatic hydroxyl groups is 2. The van der Waals surface area contributed by atoms with E-state index in [0.717, 1.165) is 6.42 Å². The predicted molar refractivity (Wildman–Crippen MR) is 63.1 cm³/mol. The van der Waals surface area contributed by atoms with Gasteiger partial charge in [-0.1, -0.05) is 13.8 Å². The van der Waals surface area contributed by atoms with Crippen LogP contribution in [0.15, 0.2) is 0 Å². The van der Waals surface area contributed by atoms with Gasteiger partial charge in [-0.3, -0.25) is 4.79 Å². The molecule has 0 aromatic carbocycles. The number of carbonyl (C=O) groups is 1. The van der Waals surface area contributed by atoms with E-state index < -0.39 is 5.54 Å². The third-order valence-electron chi connectivity index (χ3n) is 2.91. The molecule has 0 aliphatic rings. The minimum Gasteiger partial charge on any atom is -0.394 e. The van der Waals surface area contributed by atoms with Gasteiger partial charge >= 0.3 is 0 Å². The second-order valence-corrected chi connectivity index (χ2v) is 4.19. The Kier molecular flexibility index (Phi) is 7.29. The van der Waals surface area contributed by atoms with E-state index in [1.165, 1.54) is 0 Å². The molecule has 0 aromatic heterocycles. The molecule has 0 aliphatic carbocycles. The molecule has 0 radical (unpaired) electrons. The summed E-state index contributed by atoms with van der Waals surface area (Å²) < 4.78 is 0. The summed E-state index contributed by atoms with van der Waals surface area (Å²) in [6.45, 7) is 5.54. The lowest BCUT2D eigenvalue weighted by atomic mass is 9.98. The highest BCUT2D eigenvalue weighted by molar-refractivity contribution is 5.78. The maximum Gasteiger partial charge on any atom is 0.234 e. The molecule has 5 heteroatoms. The van der Waals surface area contributed by atoms with E-state index >= 15 is 0 Å². The van der Waals surface area contributed by atoms with Gasteiger partial charge in [0.15, 0.2) is 0 Å². The first-order valence-electron chi connectivity index (χ1n) is 5.79. The van der Waals surface area contributed by atoms with E-state index in [1.54, 1.807) is 0 Å². The third kappa shape index (κ3) is 4.92. The number of hydrogen-bond donors (Lipinski definition) is 4. The van der Waals surface area contributed by atoms with Crippen LogP contribution < -0.4 is 10.6 Å². The van der Waals surface area contributed by atoms with Crippen LogP contribution in [-0.2, 0) is 4.79 Å². The van der Waals surface area contributed by atoms with Crippen LogP contribution >= 0.6 is 0 Å². The van der Waals surface area contributed by atoms with E-state index in [-0.39, 0.29) is 31.7 Å². The number of hydrogen-bond acceptors (Lipinski definition) is 4. The Labute approximate surface area is 97.2 Å². The highest BCUT2D eigenvalue weighted by Gasteiger charge is 2.28. The molecule has 0 fully saturated rings. The zero-order valence-electron chi connectivity index (χ0n) is 10.4. The molecule has 0 bridgehead atoms. The molecule has 0 aliphatic heterocycles. The zero-order chi connectivity index (χ0) is 12.6. The lowest BCUT2D eigenvalue weighted by molar-refractivity contribution is -0.123. The van der Waals surface area contributed by atoms with Crippen molar-refractivity contribution in [3.63, 3.8) is 0 Å². The van der Waals surface area contributed by atoms with Crippen LogP contribution in [0.25, 0.3) is 0 Å². The molecule has 1 atom stereocenters. The molecule has 1 unspecified atom stereocenters. The smallest absolute Gasteiger partial charge is 0.234 e. The fourth-order valence-corrected chi connectivity index (χ4v) is 1.19. The van der Waals surface area contributed by atoms with Crippen LogP contribution in [0.3, 0.4) is 0 Å². The molecule has 5 nitrogen and oxygen atoms in total. The van der Waals surface area contributed by atoms with Gasteiger partial charge in [0.05, 0.1) is 25.3 Å². The topological polar surface area (TPSA) is 81.6 Å². The SMILES string of the molecule is CCC(C)NCC(=O)NC(CC)(CO)CO. The lowest BCUT2D eigenvalue weighted by Crippen LogP contribution is -2.56. The van der Waals surface area contributed by atoms with Gasteiger partial charge in [0.25, 0.3) is 0 Å². The van der Waals surface area contributed by atoms with Gasteiger partial charge in [0.2, 0.25) is 5.91 Å². The van der Waals surface area contributed by atoms with Crippen molar-refractivity contribution in [1.29, 1.82) is 0 Å². The van der Waals surface area contributed by atoms with Crippen molar-refractivity contribution in [2.75, 3.05) is 19.8 Å². The molecular formula is C11H24N2O3. The summed E-state index contributed by atoms with van der Waals surface area (Å²) >= 11 is 0. The van der Waals surface area contributed by atoms with Gasteiger partial charge in [-0.05, 0) is 19.8 Å². The van der Waals surface area contributed by atoms with E-state index in [1.807, 2.05) is 20.8 Å². The van der Waals surface area contributed by atoms with Crippen LogP contribution in [0.2, 0.25) is 0 Å². The quantitative estimate of drug-likeness (QED) is 0.460. The molecule has 16 heavy (non-hydrogen) atoms. The number of aliphatic hydroxyl groups excluding tert-OH is 2. The fourth-order valence-electron chi connectivity index (χ4n) is 1.19. The molecule has 0 heterocycles. The van der Waals surface area contributed by atoms with E-state index in [2.05, 4.69) is 10.6 Å². The van der Waals surface area contributed by atoms with E-state index in [0.29, 0.717) is 6.42 Å². The van der Waals surface area contributed by atoms with Crippen LogP contribution in [0.5, 0.6) is 0 Å². The van der Waals surface area contributed by atoms with Gasteiger partial charge in [-0.2, -0.15) is 0 Å². The maximum absolute atomic E-state index is 11.6. The molecule has 0 spiro atoms. The highest BCUT2D eigenvalue weighted by atomic mass is 16.3. The first kappa shape index (κ1) is 15.3. The Hall–Kier alpha value is -0.650. The average Bonchev–Trinajstić information content (AvgIpc) is 2.33. The summed E-state index contributed by atoms with van der Waals surface area (Å²) in [6, 6.07) is 0.282. The molecule has 0 rings (SSSR count). The number of amides is 1. The minimum absolute atomic E-state index is 0.203. The van der Waals surface area contributed by atoms with Crippen molar-refractivity contribution >= 4 is 5.91 Å². The van der Waals surface area contributed by atoms with Crippen molar-refractivity contribution in [2.24, 2.45) is 0 Å². The molecule has 0 saturated heterocycles. The monoisotopic (exact) mass is 232 g/mol. The number of carbonyl (C=O) groups excluding carboxylic acids is 1. The summed E-state index contributed by atoms with van der Waals surface area (Å²) in [5.74, 6) is -0.203. The van der Waals surface area contributed by atoms with E-state index in [4.69, 9.17) is 10.2 Å². The van der Waals surface area contributed by atoms with Crippen molar-refractivity contribution in [3.8, 4) is 0 Å². The van der Waals surface area contributed by atoms with Crippen LogP contribution in [0, 0.1) is 0 Å². The maximum atomic E-state index is 11.6. The summed E-state index contributed by atoms with van der Waals surface area (Å²) in [5, 5.41) is 24.0. The molecule has 4 N–H and O–H groups in total. The molecule has 96 valence electrons. The van der Waals surface area contributed by atoms with E-state index in [9.17, 15) is 4.79 Å². The van der Waals surface area contributed by atoms with Crippen LogP contribution in [-0.4, -0.2) is 47.5 Å². The Morgan fingerprint density at radius 3 is 2.25 bits per heavy atom. The summed E-state index contributed by atoms with van der Waals surface area (Å²) in [4.78, 5) is 11.6. The number of nitrogens with one attached hydrogen (secondary N) is 2. The van der Waals surface area contributed by atoms with Crippen molar-refractivity contribution < 1.29 is 15.0 Å². The zero-order valence-corrected chi connectivity index (χ0v) is 10.4. The Morgan fingerprint density at radius 1 is 1.31 bits per heavy atom. The normalized spacial score (nSPS) is 13.6. The molecular weight excluding hydrogens is 208 g/mol. The molecule has 1 amide bonds. The van der Waals surface area contributed by atoms with Crippen molar-refractivity contribution in [1.82, 2.24) is 10.6 Å². The second kappa shape index (κ2) is 7.60. The summed E-state index contributed by atoms with van der Waals surface area (Å²) in [7, 11) is 0. The number of rotatable bonds is 8. The molecule has 0 aromatic rings. The third-order valence-corrected chi connectivity index (χ3v) is 2.91. The predicted octanol–water partition coefficient (Wildman–Crippen LogP) is -0.376. The largest absolute Gasteiger partial charge is 0.394 e. The van der Waals surface area contributed by atoms with Gasteiger partial charge in [0, 0.05) is 6.04 Å². The summed E-state index contributed by atoms with van der Waals surface area (Å²) in [6.07, 6.45) is 1.45. The summed E-state index contributed by atoms with van der Waals surface area (Å²) in [5.41, 5.74) is -0.895. The minimum atomic E-state index is -0.895. The Morgan fingerprint density at radius 2 is 1.88 bits per heavy atom. The first-order chi connectivity index (χ1) is 7.53. The highest BCUT2D eigenvalue weighted by Crippen LogP contribution is 2.07. The fraction of sp³-hybridized carbons (Fsp3) is 0.909. The first-order valence-corrected chi connectivity index (χ1v) is 5.79. The Bertz CT molecular complexity index is 197. The van der Waals surface area contributed by atoms with Gasteiger partial charge in [-0.15, -0.1) is 0 Å². The van der Waals surface area contributed by atoms with Gasteiger partial charge < -0.3 is 20.8 Å². The van der Waals surface area contributed by atoms with Crippen LogP contribution in [0.1, 0.15) is 33.6 Å². The lowest BCUT2D eigenvalue weighted by Gasteiger charge is -2.30. The Balaban J connectivity index is 4.10. The second-order valence-electron chi connectivity index (χ2n) is 4.19. The van der Waals surface area contributed by atoms with Crippen LogP contribution in [0.4, 0.5) is 0 Å². The molecule has 0 saturated carbocycles. The van der Waals surface area contributed by atoms with Gasteiger partial charge in [0.1, 0.15) is 0 Å². The average molecular weight is 232 g/mol.